The number of fused-ring (bicyclic) bond motifs is 1. The van der Waals surface area contributed by atoms with E-state index >= 15 is 0 Å². The molecule has 0 aromatic carbocycles. The Bertz CT molecular complexity index is 1130. The number of ether oxygens (including phenoxy) is 1. The molecular weight excluding hydrogens is 416 g/mol. The van der Waals surface area contributed by atoms with Crippen LogP contribution in [-0.2, 0) is 6.54 Å². The Morgan fingerprint density at radius 3 is 2.66 bits per heavy atom. The predicted molar refractivity (Wildman–Crippen MR) is 120 cm³/mol. The molecule has 3 rings (SSSR count). The van der Waals surface area contributed by atoms with E-state index in [1.54, 1.807) is 24.4 Å². The highest BCUT2D eigenvalue weighted by molar-refractivity contribution is 5.93. The summed E-state index contributed by atoms with van der Waals surface area (Å²) in [6.45, 7) is 5.36. The van der Waals surface area contributed by atoms with E-state index in [0.29, 0.717) is 34.1 Å². The molecule has 0 saturated heterocycles. The standard InChI is InChI=1S/C21H28N6O5/c1-21(2,3)26-19-18-13(4-5-27(20(18)31)10-14(30)11-29)8-16(25-19)24-15-9-17(23-12-22-15)32-7-6-28/h4-5,8-9,12,14,28-30H,6-7,10-11H2,1-3H3,(H2,22,23,24,25,26)/t14-/m0/s1. The van der Waals surface area contributed by atoms with Gasteiger partial charge in [-0.05, 0) is 38.3 Å². The molecule has 0 spiro atoms. The molecule has 0 amide bonds. The van der Waals surface area contributed by atoms with Gasteiger partial charge in [-0.15, -0.1) is 0 Å². The number of rotatable bonds is 9. The summed E-state index contributed by atoms with van der Waals surface area (Å²) in [6.07, 6.45) is 1.85. The van der Waals surface area contributed by atoms with Crippen LogP contribution in [0.25, 0.3) is 10.8 Å². The number of anilines is 3. The molecule has 3 aromatic heterocycles. The summed E-state index contributed by atoms with van der Waals surface area (Å²) >= 11 is 0. The van der Waals surface area contributed by atoms with Crippen LogP contribution in [0.5, 0.6) is 5.88 Å². The third-order valence-corrected chi connectivity index (χ3v) is 4.31. The van der Waals surface area contributed by atoms with Gasteiger partial charge < -0.3 is 35.3 Å². The van der Waals surface area contributed by atoms with Crippen LogP contribution in [0.15, 0.2) is 35.5 Å². The van der Waals surface area contributed by atoms with Crippen molar-refractivity contribution in [1.29, 1.82) is 0 Å². The molecule has 32 heavy (non-hydrogen) atoms. The molecule has 0 aliphatic heterocycles. The zero-order valence-electron chi connectivity index (χ0n) is 18.2. The lowest BCUT2D eigenvalue weighted by Gasteiger charge is -2.23. The third-order valence-electron chi connectivity index (χ3n) is 4.31. The number of aliphatic hydroxyl groups is 3. The molecule has 11 nitrogen and oxygen atoms in total. The van der Waals surface area contributed by atoms with Gasteiger partial charge in [0.2, 0.25) is 5.88 Å². The molecule has 1 atom stereocenters. The Hall–Kier alpha value is -3.28. The number of pyridine rings is 2. The lowest BCUT2D eigenvalue weighted by Crippen LogP contribution is -2.31. The van der Waals surface area contributed by atoms with E-state index in [1.165, 1.54) is 10.9 Å². The molecule has 0 fully saturated rings. The van der Waals surface area contributed by atoms with Crippen LogP contribution in [0, 0.1) is 0 Å². The summed E-state index contributed by atoms with van der Waals surface area (Å²) in [5.41, 5.74) is -0.709. The zero-order valence-corrected chi connectivity index (χ0v) is 18.2. The largest absolute Gasteiger partial charge is 0.475 e. The number of hydrogen-bond acceptors (Lipinski definition) is 10. The first kappa shape index (κ1) is 23.4. The van der Waals surface area contributed by atoms with Gasteiger partial charge in [0.15, 0.2) is 0 Å². The summed E-state index contributed by atoms with van der Waals surface area (Å²) in [5, 5.41) is 35.1. The first-order valence-electron chi connectivity index (χ1n) is 10.1. The van der Waals surface area contributed by atoms with E-state index in [0.717, 1.165) is 0 Å². The van der Waals surface area contributed by atoms with Crippen molar-refractivity contribution in [2.24, 2.45) is 0 Å². The molecule has 0 saturated carbocycles. The highest BCUT2D eigenvalue weighted by atomic mass is 16.5. The maximum Gasteiger partial charge on any atom is 0.262 e. The minimum atomic E-state index is -1.04. The van der Waals surface area contributed by atoms with Crippen LogP contribution in [0.1, 0.15) is 20.8 Å². The average Bonchev–Trinajstić information content (AvgIpc) is 2.73. The summed E-state index contributed by atoms with van der Waals surface area (Å²) in [4.78, 5) is 25.8. The van der Waals surface area contributed by atoms with Crippen molar-refractivity contribution in [2.45, 2.75) is 39.0 Å². The topological polar surface area (TPSA) is 155 Å². The first-order valence-corrected chi connectivity index (χ1v) is 10.1. The Morgan fingerprint density at radius 2 is 1.97 bits per heavy atom. The fourth-order valence-corrected chi connectivity index (χ4v) is 3.01. The Balaban J connectivity index is 2.03. The second kappa shape index (κ2) is 9.90. The minimum absolute atomic E-state index is 0.0300. The molecule has 0 aliphatic rings. The maximum absolute atomic E-state index is 13.1. The average molecular weight is 444 g/mol. The van der Waals surface area contributed by atoms with Gasteiger partial charge in [0.25, 0.3) is 5.56 Å². The molecular formula is C21H28N6O5. The van der Waals surface area contributed by atoms with E-state index in [2.05, 4.69) is 25.6 Å². The van der Waals surface area contributed by atoms with Gasteiger partial charge in [-0.25, -0.2) is 15.0 Å². The van der Waals surface area contributed by atoms with Crippen molar-refractivity contribution >= 4 is 28.2 Å². The van der Waals surface area contributed by atoms with Crippen molar-refractivity contribution in [1.82, 2.24) is 19.5 Å². The monoisotopic (exact) mass is 444 g/mol. The van der Waals surface area contributed by atoms with Crippen molar-refractivity contribution in [3.63, 3.8) is 0 Å². The van der Waals surface area contributed by atoms with Crippen molar-refractivity contribution in [3.05, 3.63) is 41.1 Å². The number of aliphatic hydroxyl groups excluding tert-OH is 3. The van der Waals surface area contributed by atoms with E-state index < -0.39 is 12.7 Å². The number of nitrogens with zero attached hydrogens (tertiary/aromatic N) is 4. The molecule has 0 aliphatic carbocycles. The Labute approximate surface area is 184 Å². The molecule has 0 bridgehead atoms. The number of nitrogens with one attached hydrogen (secondary N) is 2. The number of hydrogen-bond donors (Lipinski definition) is 5. The fraction of sp³-hybridized carbons (Fsp3) is 0.429. The minimum Gasteiger partial charge on any atom is -0.475 e. The van der Waals surface area contributed by atoms with Gasteiger partial charge in [-0.2, -0.15) is 0 Å². The molecule has 3 heterocycles. The van der Waals surface area contributed by atoms with E-state index in [4.69, 9.17) is 14.9 Å². The van der Waals surface area contributed by atoms with Crippen LogP contribution in [0.3, 0.4) is 0 Å². The van der Waals surface area contributed by atoms with Gasteiger partial charge in [0, 0.05) is 17.8 Å². The van der Waals surface area contributed by atoms with Crippen LogP contribution >= 0.6 is 0 Å². The lowest BCUT2D eigenvalue weighted by atomic mass is 10.1. The maximum atomic E-state index is 13.1. The summed E-state index contributed by atoms with van der Waals surface area (Å²) in [5.74, 6) is 1.56. The smallest absolute Gasteiger partial charge is 0.262 e. The van der Waals surface area contributed by atoms with E-state index in [1.807, 2.05) is 20.8 Å². The van der Waals surface area contributed by atoms with Gasteiger partial charge >= 0.3 is 0 Å². The highest BCUT2D eigenvalue weighted by Gasteiger charge is 2.18. The molecule has 3 aromatic rings. The van der Waals surface area contributed by atoms with Gasteiger partial charge in [-0.3, -0.25) is 4.79 Å². The second-order valence-corrected chi connectivity index (χ2v) is 8.24. The first-order chi connectivity index (χ1) is 15.2. The van der Waals surface area contributed by atoms with Gasteiger partial charge in [0.1, 0.15) is 30.4 Å². The van der Waals surface area contributed by atoms with Crippen molar-refractivity contribution in [3.8, 4) is 5.88 Å². The molecule has 5 N–H and O–H groups in total. The molecule has 0 radical (unpaired) electrons. The molecule has 0 unspecified atom stereocenters. The zero-order chi connectivity index (χ0) is 23.3. The summed E-state index contributed by atoms with van der Waals surface area (Å²) < 4.78 is 6.66. The van der Waals surface area contributed by atoms with Crippen LogP contribution in [0.4, 0.5) is 17.5 Å². The molecule has 172 valence electrons. The van der Waals surface area contributed by atoms with E-state index in [9.17, 15) is 9.90 Å². The fourth-order valence-electron chi connectivity index (χ4n) is 3.01. The third kappa shape index (κ3) is 5.90. The van der Waals surface area contributed by atoms with Crippen molar-refractivity contribution in [2.75, 3.05) is 30.5 Å². The van der Waals surface area contributed by atoms with Crippen molar-refractivity contribution < 1.29 is 20.1 Å². The summed E-state index contributed by atoms with van der Waals surface area (Å²) in [7, 11) is 0. The van der Waals surface area contributed by atoms with Crippen LogP contribution in [-0.4, -0.2) is 66.3 Å². The lowest BCUT2D eigenvalue weighted by molar-refractivity contribution is 0.0805. The Kier molecular flexibility index (Phi) is 7.23. The quantitative estimate of drug-likeness (QED) is 0.321. The summed E-state index contributed by atoms with van der Waals surface area (Å²) in [6, 6.07) is 5.04. The van der Waals surface area contributed by atoms with Crippen LogP contribution < -0.4 is 20.9 Å². The van der Waals surface area contributed by atoms with Gasteiger partial charge in [-0.1, -0.05) is 0 Å². The van der Waals surface area contributed by atoms with Gasteiger partial charge in [0.05, 0.1) is 31.2 Å². The number of aromatic nitrogens is 4. The predicted octanol–water partition coefficient (Wildman–Crippen LogP) is 0.865. The second-order valence-electron chi connectivity index (χ2n) is 8.24. The van der Waals surface area contributed by atoms with Crippen LogP contribution in [0.2, 0.25) is 0 Å². The normalized spacial score (nSPS) is 12.6. The highest BCUT2D eigenvalue weighted by Crippen LogP contribution is 2.26. The Morgan fingerprint density at radius 1 is 1.19 bits per heavy atom. The SMILES string of the molecule is CC(C)(C)Nc1nc(Nc2cc(OCCO)ncn2)cc2ccn(C[C@H](O)CO)c(=O)c12. The van der Waals surface area contributed by atoms with E-state index in [-0.39, 0.29) is 30.9 Å². The molecule has 11 heteroatoms.